The Labute approximate surface area is 135 Å². The highest BCUT2D eigenvalue weighted by atomic mass is 79.9. The number of thiophene rings is 1. The maximum absolute atomic E-state index is 12.2. The molecular weight excluding hydrogens is 354 g/mol. The highest BCUT2D eigenvalue weighted by molar-refractivity contribution is 9.10. The van der Waals surface area contributed by atoms with Crippen LogP contribution >= 0.6 is 27.3 Å². The molecule has 1 aromatic carbocycles. The average Bonchev–Trinajstić information content (AvgIpc) is 3.01. The van der Waals surface area contributed by atoms with Crippen LogP contribution in [0, 0.1) is 0 Å². The van der Waals surface area contributed by atoms with E-state index in [1.807, 2.05) is 35.7 Å². The summed E-state index contributed by atoms with van der Waals surface area (Å²) in [6.07, 6.45) is -0.247. The quantitative estimate of drug-likeness (QED) is 0.788. The van der Waals surface area contributed by atoms with Gasteiger partial charge in [0, 0.05) is 15.9 Å². The molecule has 6 heteroatoms. The van der Waals surface area contributed by atoms with Crippen LogP contribution in [-0.4, -0.2) is 30.8 Å². The van der Waals surface area contributed by atoms with Crippen molar-refractivity contribution in [3.8, 4) is 0 Å². The minimum atomic E-state index is -0.247. The Morgan fingerprint density at radius 1 is 1.33 bits per heavy atom. The van der Waals surface area contributed by atoms with Gasteiger partial charge in [0.2, 0.25) is 0 Å². The smallest absolute Gasteiger partial charge is 0.252 e. The molecule has 0 aliphatic rings. The van der Waals surface area contributed by atoms with Crippen LogP contribution < -0.4 is 5.32 Å². The second-order valence-electron chi connectivity index (χ2n) is 4.29. The van der Waals surface area contributed by atoms with Crippen molar-refractivity contribution in [3.05, 3.63) is 56.7 Å². The number of carbonyl (C=O) groups excluding carboxylic acids is 1. The summed E-state index contributed by atoms with van der Waals surface area (Å²) in [6, 6.07) is 11.2. The summed E-state index contributed by atoms with van der Waals surface area (Å²) in [6.45, 7) is 0.564. The van der Waals surface area contributed by atoms with Crippen LogP contribution in [0.5, 0.6) is 0 Å². The molecule has 0 saturated heterocycles. The first-order valence-corrected chi connectivity index (χ1v) is 8.18. The van der Waals surface area contributed by atoms with Crippen LogP contribution in [-0.2, 0) is 4.74 Å². The Morgan fingerprint density at radius 3 is 2.81 bits per heavy atom. The number of hydrogen-bond donors (Lipinski definition) is 2. The molecule has 0 saturated carbocycles. The number of halogens is 1. The van der Waals surface area contributed by atoms with E-state index in [4.69, 9.17) is 9.84 Å². The van der Waals surface area contributed by atoms with Gasteiger partial charge < -0.3 is 15.2 Å². The Kier molecular flexibility index (Phi) is 6.38. The standard InChI is InChI=1S/C15H16BrNO3S/c16-12-5-2-1-4-11(12)15(19)17-10-13(20-8-7-18)14-6-3-9-21-14/h1-6,9,13,18H,7-8,10H2,(H,17,19). The van der Waals surface area contributed by atoms with Crippen molar-refractivity contribution in [3.63, 3.8) is 0 Å². The van der Waals surface area contributed by atoms with Gasteiger partial charge in [0.25, 0.3) is 5.91 Å². The van der Waals surface area contributed by atoms with Gasteiger partial charge in [0.05, 0.1) is 18.8 Å². The summed E-state index contributed by atoms with van der Waals surface area (Å²) in [5, 5.41) is 13.7. The summed E-state index contributed by atoms with van der Waals surface area (Å²) in [4.78, 5) is 13.2. The summed E-state index contributed by atoms with van der Waals surface area (Å²) in [7, 11) is 0. The van der Waals surface area contributed by atoms with Gasteiger partial charge in [0.15, 0.2) is 0 Å². The van der Waals surface area contributed by atoms with E-state index < -0.39 is 0 Å². The zero-order chi connectivity index (χ0) is 15.1. The first-order chi connectivity index (χ1) is 10.2. The van der Waals surface area contributed by atoms with E-state index in [9.17, 15) is 4.79 Å². The Morgan fingerprint density at radius 2 is 2.14 bits per heavy atom. The molecule has 1 heterocycles. The second-order valence-corrected chi connectivity index (χ2v) is 6.12. The van der Waals surface area contributed by atoms with Crippen LogP contribution in [0.15, 0.2) is 46.3 Å². The van der Waals surface area contributed by atoms with E-state index in [0.29, 0.717) is 12.1 Å². The lowest BCUT2D eigenvalue weighted by Crippen LogP contribution is -2.29. The van der Waals surface area contributed by atoms with Crippen LogP contribution in [0.2, 0.25) is 0 Å². The molecule has 0 radical (unpaired) electrons. The molecule has 4 nitrogen and oxygen atoms in total. The lowest BCUT2D eigenvalue weighted by atomic mass is 10.2. The summed E-state index contributed by atoms with van der Waals surface area (Å²) < 4.78 is 6.34. The number of aliphatic hydroxyl groups is 1. The zero-order valence-electron chi connectivity index (χ0n) is 11.3. The number of ether oxygens (including phenoxy) is 1. The first kappa shape index (κ1) is 16.2. The van der Waals surface area contributed by atoms with Gasteiger partial charge in [0.1, 0.15) is 6.10 Å². The van der Waals surface area contributed by atoms with Gasteiger partial charge in [-0.25, -0.2) is 0 Å². The monoisotopic (exact) mass is 369 g/mol. The minimum Gasteiger partial charge on any atom is -0.394 e. The zero-order valence-corrected chi connectivity index (χ0v) is 13.7. The number of hydrogen-bond acceptors (Lipinski definition) is 4. The van der Waals surface area contributed by atoms with E-state index in [1.165, 1.54) is 0 Å². The molecule has 0 spiro atoms. The lowest BCUT2D eigenvalue weighted by molar-refractivity contribution is 0.0296. The molecule has 21 heavy (non-hydrogen) atoms. The fourth-order valence-corrected chi connectivity index (χ4v) is 3.08. The predicted octanol–water partition coefficient (Wildman–Crippen LogP) is 2.99. The molecule has 2 N–H and O–H groups in total. The molecule has 1 unspecified atom stereocenters. The number of amides is 1. The second kappa shape index (κ2) is 8.29. The van der Waals surface area contributed by atoms with Gasteiger partial charge in [-0.05, 0) is 39.5 Å². The third-order valence-electron chi connectivity index (χ3n) is 2.84. The summed E-state index contributed by atoms with van der Waals surface area (Å²) in [5.41, 5.74) is 0.588. The fourth-order valence-electron chi connectivity index (χ4n) is 1.84. The molecule has 0 fully saturated rings. The Balaban J connectivity index is 1.98. The number of benzene rings is 1. The molecule has 1 amide bonds. The van der Waals surface area contributed by atoms with Gasteiger partial charge in [-0.3, -0.25) is 4.79 Å². The van der Waals surface area contributed by atoms with Crippen molar-refractivity contribution in [2.45, 2.75) is 6.10 Å². The van der Waals surface area contributed by atoms with Crippen molar-refractivity contribution < 1.29 is 14.6 Å². The Bertz CT molecular complexity index is 574. The number of rotatable bonds is 7. The molecule has 0 aliphatic heterocycles. The number of carbonyl (C=O) groups is 1. The SMILES string of the molecule is O=C(NCC(OCCO)c1cccs1)c1ccccc1Br. The highest BCUT2D eigenvalue weighted by Crippen LogP contribution is 2.22. The lowest BCUT2D eigenvalue weighted by Gasteiger charge is -2.17. The van der Waals surface area contributed by atoms with E-state index >= 15 is 0 Å². The van der Waals surface area contributed by atoms with Crippen molar-refractivity contribution >= 4 is 33.2 Å². The molecule has 1 atom stereocenters. The van der Waals surface area contributed by atoms with Crippen molar-refractivity contribution in [1.29, 1.82) is 0 Å². The third kappa shape index (κ3) is 4.64. The minimum absolute atomic E-state index is 0.0416. The first-order valence-electron chi connectivity index (χ1n) is 6.51. The molecule has 2 aromatic rings. The molecule has 0 aliphatic carbocycles. The molecule has 0 bridgehead atoms. The Hall–Kier alpha value is -1.21. The average molecular weight is 370 g/mol. The maximum Gasteiger partial charge on any atom is 0.252 e. The number of aliphatic hydroxyl groups excluding tert-OH is 1. The van der Waals surface area contributed by atoms with E-state index in [0.717, 1.165) is 9.35 Å². The third-order valence-corrected chi connectivity index (χ3v) is 4.49. The van der Waals surface area contributed by atoms with Crippen LogP contribution in [0.3, 0.4) is 0 Å². The number of nitrogens with one attached hydrogen (secondary N) is 1. The summed E-state index contributed by atoms with van der Waals surface area (Å²) >= 11 is 4.93. The molecule has 112 valence electrons. The highest BCUT2D eigenvalue weighted by Gasteiger charge is 2.16. The largest absolute Gasteiger partial charge is 0.394 e. The fraction of sp³-hybridized carbons (Fsp3) is 0.267. The molecule has 1 aromatic heterocycles. The van der Waals surface area contributed by atoms with E-state index in [1.54, 1.807) is 17.4 Å². The molecule has 2 rings (SSSR count). The topological polar surface area (TPSA) is 58.6 Å². The van der Waals surface area contributed by atoms with E-state index in [2.05, 4.69) is 21.2 Å². The summed E-state index contributed by atoms with van der Waals surface area (Å²) in [5.74, 6) is -0.156. The normalized spacial score (nSPS) is 12.1. The molecular formula is C15H16BrNO3S. The van der Waals surface area contributed by atoms with Crippen molar-refractivity contribution in [2.24, 2.45) is 0 Å². The van der Waals surface area contributed by atoms with Gasteiger partial charge in [-0.2, -0.15) is 0 Å². The van der Waals surface area contributed by atoms with Crippen molar-refractivity contribution in [1.82, 2.24) is 5.32 Å². The van der Waals surface area contributed by atoms with Crippen LogP contribution in [0.25, 0.3) is 0 Å². The van der Waals surface area contributed by atoms with Crippen LogP contribution in [0.4, 0.5) is 0 Å². The van der Waals surface area contributed by atoms with Gasteiger partial charge >= 0.3 is 0 Å². The van der Waals surface area contributed by atoms with E-state index in [-0.39, 0.29) is 25.2 Å². The van der Waals surface area contributed by atoms with Crippen LogP contribution in [0.1, 0.15) is 21.3 Å². The maximum atomic E-state index is 12.2. The van der Waals surface area contributed by atoms with Crippen molar-refractivity contribution in [2.75, 3.05) is 19.8 Å². The predicted molar refractivity (Wildman–Crippen MR) is 86.6 cm³/mol. The van der Waals surface area contributed by atoms with Gasteiger partial charge in [-0.15, -0.1) is 11.3 Å². The van der Waals surface area contributed by atoms with Gasteiger partial charge in [-0.1, -0.05) is 18.2 Å².